The molecule has 0 aliphatic heterocycles. The number of aliphatic hydroxyl groups is 1. The molecule has 2 amide bonds. The first-order valence-electron chi connectivity index (χ1n) is 10.7. The van der Waals surface area contributed by atoms with E-state index in [1.807, 2.05) is 48.5 Å². The number of rotatable bonds is 8. The number of carbonyl (C=O) groups is 3. The summed E-state index contributed by atoms with van der Waals surface area (Å²) in [4.78, 5) is 36.3. The minimum absolute atomic E-state index is 0.0939. The van der Waals surface area contributed by atoms with E-state index in [1.54, 1.807) is 0 Å². The van der Waals surface area contributed by atoms with Crippen LogP contribution in [-0.4, -0.2) is 53.5 Å². The molecule has 0 spiro atoms. The molecule has 2 aromatic carbocycles. The van der Waals surface area contributed by atoms with Crippen molar-refractivity contribution >= 4 is 18.0 Å². The van der Waals surface area contributed by atoms with E-state index in [4.69, 9.17) is 9.84 Å². The molecule has 8 nitrogen and oxygen atoms in total. The van der Waals surface area contributed by atoms with E-state index in [0.717, 1.165) is 41.5 Å². The zero-order valence-electron chi connectivity index (χ0n) is 17.5. The molecule has 1 fully saturated rings. The van der Waals surface area contributed by atoms with Crippen molar-refractivity contribution in [3.05, 3.63) is 59.7 Å². The fourth-order valence-corrected chi connectivity index (χ4v) is 4.38. The Labute approximate surface area is 185 Å². The van der Waals surface area contributed by atoms with Crippen LogP contribution in [0.2, 0.25) is 0 Å². The maximum absolute atomic E-state index is 12.6. The van der Waals surface area contributed by atoms with E-state index in [0.29, 0.717) is 0 Å². The van der Waals surface area contributed by atoms with Crippen molar-refractivity contribution in [1.29, 1.82) is 0 Å². The van der Waals surface area contributed by atoms with Crippen molar-refractivity contribution < 1.29 is 29.3 Å². The molecule has 2 aromatic rings. The van der Waals surface area contributed by atoms with Crippen LogP contribution in [0.3, 0.4) is 0 Å². The topological polar surface area (TPSA) is 125 Å². The summed E-state index contributed by atoms with van der Waals surface area (Å²) >= 11 is 0. The van der Waals surface area contributed by atoms with Gasteiger partial charge in [-0.25, -0.2) is 9.59 Å². The number of carboxylic acid groups (broad SMARTS) is 1. The average molecular weight is 438 g/mol. The van der Waals surface area contributed by atoms with Crippen LogP contribution in [0.1, 0.15) is 36.3 Å². The summed E-state index contributed by atoms with van der Waals surface area (Å²) in [6.45, 7) is -0.614. The summed E-state index contributed by atoms with van der Waals surface area (Å²) in [5.74, 6) is -2.17. The lowest BCUT2D eigenvalue weighted by atomic mass is 9.79. The highest BCUT2D eigenvalue weighted by Gasteiger charge is 2.36. The second kappa shape index (κ2) is 9.40. The Kier molecular flexibility index (Phi) is 6.41. The van der Waals surface area contributed by atoms with Gasteiger partial charge in [0.2, 0.25) is 5.91 Å². The number of benzene rings is 2. The molecule has 0 radical (unpaired) electrons. The number of alkyl carbamates (subject to hydrolysis) is 1. The molecule has 2 aliphatic rings. The largest absolute Gasteiger partial charge is 0.480 e. The molecule has 4 rings (SSSR count). The summed E-state index contributed by atoms with van der Waals surface area (Å²) in [5.41, 5.74) is 4.41. The van der Waals surface area contributed by atoms with Gasteiger partial charge in [0.15, 0.2) is 0 Å². The smallest absolute Gasteiger partial charge is 0.407 e. The molecule has 0 saturated heterocycles. The molecule has 1 saturated carbocycles. The number of amides is 2. The Bertz CT molecular complexity index is 974. The van der Waals surface area contributed by atoms with E-state index >= 15 is 0 Å². The number of carbonyl (C=O) groups excluding carboxylic acids is 2. The van der Waals surface area contributed by atoms with Crippen molar-refractivity contribution in [2.45, 2.75) is 37.3 Å². The number of aliphatic hydroxyl groups excluding tert-OH is 1. The molecule has 2 atom stereocenters. The predicted octanol–water partition coefficient (Wildman–Crippen LogP) is 2.26. The summed E-state index contributed by atoms with van der Waals surface area (Å²) in [5, 5.41) is 23.1. The van der Waals surface area contributed by atoms with Gasteiger partial charge in [-0.1, -0.05) is 55.0 Å². The molecule has 0 heterocycles. The van der Waals surface area contributed by atoms with Crippen molar-refractivity contribution in [1.82, 2.24) is 10.6 Å². The summed E-state index contributed by atoms with van der Waals surface area (Å²) in [6.07, 6.45) is 1.70. The molecule has 168 valence electrons. The van der Waals surface area contributed by atoms with E-state index in [-0.39, 0.29) is 18.4 Å². The molecule has 2 aliphatic carbocycles. The minimum atomic E-state index is -1.42. The molecular weight excluding hydrogens is 412 g/mol. The zero-order valence-corrected chi connectivity index (χ0v) is 17.5. The highest BCUT2D eigenvalue weighted by molar-refractivity contribution is 5.89. The summed E-state index contributed by atoms with van der Waals surface area (Å²) in [6, 6.07) is 13.7. The van der Waals surface area contributed by atoms with E-state index in [1.165, 1.54) is 0 Å². The Balaban J connectivity index is 1.42. The molecule has 1 unspecified atom stereocenters. The van der Waals surface area contributed by atoms with E-state index < -0.39 is 36.7 Å². The maximum Gasteiger partial charge on any atom is 0.407 e. The Morgan fingerprint density at radius 1 is 0.969 bits per heavy atom. The normalized spacial score (nSPS) is 16.8. The number of ether oxygens (including phenoxy) is 1. The van der Waals surface area contributed by atoms with Gasteiger partial charge in [0, 0.05) is 5.92 Å². The maximum atomic E-state index is 12.6. The van der Waals surface area contributed by atoms with Crippen LogP contribution in [0, 0.1) is 5.92 Å². The average Bonchev–Trinajstić information content (AvgIpc) is 3.07. The van der Waals surface area contributed by atoms with Crippen molar-refractivity contribution in [2.24, 2.45) is 5.92 Å². The second-order valence-electron chi connectivity index (χ2n) is 8.22. The fraction of sp³-hybridized carbons (Fsp3) is 0.375. The molecule has 4 N–H and O–H groups in total. The van der Waals surface area contributed by atoms with Crippen molar-refractivity contribution in [3.8, 4) is 11.1 Å². The van der Waals surface area contributed by atoms with Crippen molar-refractivity contribution in [2.75, 3.05) is 13.2 Å². The van der Waals surface area contributed by atoms with Crippen LogP contribution in [0.15, 0.2) is 48.5 Å². The van der Waals surface area contributed by atoms with E-state index in [2.05, 4.69) is 10.6 Å². The van der Waals surface area contributed by atoms with Crippen LogP contribution in [0.25, 0.3) is 11.1 Å². The van der Waals surface area contributed by atoms with Gasteiger partial charge in [-0.15, -0.1) is 0 Å². The highest BCUT2D eigenvalue weighted by Crippen LogP contribution is 2.44. The predicted molar refractivity (Wildman–Crippen MR) is 116 cm³/mol. The summed E-state index contributed by atoms with van der Waals surface area (Å²) < 4.78 is 5.52. The van der Waals surface area contributed by atoms with Gasteiger partial charge in [-0.05, 0) is 41.0 Å². The first-order chi connectivity index (χ1) is 15.5. The zero-order chi connectivity index (χ0) is 22.7. The standard InChI is InChI=1S/C24H26N2O6/c27-12-20(23(29)30)25-22(28)21(14-6-5-7-14)26-24(31)32-13-19-17-10-3-1-8-15(17)16-9-2-4-11-18(16)19/h1-4,8-11,14,19-21,27H,5-7,12-13H2,(H,25,28)(H,26,31)(H,29,30)/t20-,21?/m0/s1. The minimum Gasteiger partial charge on any atom is -0.480 e. The first kappa shape index (κ1) is 21.8. The number of hydrogen-bond acceptors (Lipinski definition) is 5. The molecule has 32 heavy (non-hydrogen) atoms. The number of fused-ring (bicyclic) bond motifs is 3. The van der Waals surface area contributed by atoms with Crippen LogP contribution in [0.5, 0.6) is 0 Å². The number of nitrogens with one attached hydrogen (secondary N) is 2. The number of hydrogen-bond donors (Lipinski definition) is 4. The SMILES string of the molecule is O=C(NC(C(=O)N[C@@H](CO)C(=O)O)C1CCC1)OCC1c2ccccc2-c2ccccc21. The quantitative estimate of drug-likeness (QED) is 0.501. The lowest BCUT2D eigenvalue weighted by Crippen LogP contribution is -2.56. The van der Waals surface area contributed by atoms with Gasteiger partial charge in [0.05, 0.1) is 6.61 Å². The van der Waals surface area contributed by atoms with Gasteiger partial charge >= 0.3 is 12.1 Å². The number of carboxylic acids is 1. The molecule has 8 heteroatoms. The third-order valence-electron chi connectivity index (χ3n) is 6.32. The third kappa shape index (κ3) is 4.31. The highest BCUT2D eigenvalue weighted by atomic mass is 16.5. The second-order valence-corrected chi connectivity index (χ2v) is 8.22. The van der Waals surface area contributed by atoms with Gasteiger partial charge in [-0.2, -0.15) is 0 Å². The van der Waals surface area contributed by atoms with Gasteiger partial charge in [-0.3, -0.25) is 4.79 Å². The number of aliphatic carboxylic acids is 1. The summed E-state index contributed by atoms with van der Waals surface area (Å²) in [7, 11) is 0. The molecule has 0 bridgehead atoms. The van der Waals surface area contributed by atoms with Gasteiger partial charge < -0.3 is 25.6 Å². The van der Waals surface area contributed by atoms with Gasteiger partial charge in [0.1, 0.15) is 18.7 Å². The lowest BCUT2D eigenvalue weighted by molar-refractivity contribution is -0.143. The third-order valence-corrected chi connectivity index (χ3v) is 6.32. The Hall–Kier alpha value is -3.39. The Morgan fingerprint density at radius 3 is 2.06 bits per heavy atom. The molecular formula is C24H26N2O6. The lowest BCUT2D eigenvalue weighted by Gasteiger charge is -2.33. The fourth-order valence-electron chi connectivity index (χ4n) is 4.38. The van der Waals surface area contributed by atoms with Crippen LogP contribution in [-0.2, 0) is 14.3 Å². The van der Waals surface area contributed by atoms with Gasteiger partial charge in [0.25, 0.3) is 0 Å². The van der Waals surface area contributed by atoms with Crippen LogP contribution < -0.4 is 10.6 Å². The first-order valence-corrected chi connectivity index (χ1v) is 10.7. The Morgan fingerprint density at radius 2 is 1.56 bits per heavy atom. The molecule has 0 aromatic heterocycles. The van der Waals surface area contributed by atoms with Crippen molar-refractivity contribution in [3.63, 3.8) is 0 Å². The van der Waals surface area contributed by atoms with Crippen LogP contribution in [0.4, 0.5) is 4.79 Å². The van der Waals surface area contributed by atoms with E-state index in [9.17, 15) is 19.5 Å². The van der Waals surface area contributed by atoms with Crippen LogP contribution >= 0.6 is 0 Å². The monoisotopic (exact) mass is 438 g/mol.